The summed E-state index contributed by atoms with van der Waals surface area (Å²) < 4.78 is 27.8. The van der Waals surface area contributed by atoms with Crippen LogP contribution < -0.4 is 9.47 Å². The monoisotopic (exact) mass is 438 g/mol. The van der Waals surface area contributed by atoms with E-state index in [0.717, 1.165) is 12.0 Å². The Labute approximate surface area is 184 Å². The highest BCUT2D eigenvalue weighted by Gasteiger charge is 2.39. The van der Waals surface area contributed by atoms with Crippen molar-refractivity contribution < 1.29 is 23.8 Å². The molecule has 1 aromatic carbocycles. The van der Waals surface area contributed by atoms with E-state index in [-0.39, 0.29) is 35.7 Å². The Kier molecular flexibility index (Phi) is 5.26. The minimum atomic E-state index is -0.693. The van der Waals surface area contributed by atoms with E-state index in [2.05, 4.69) is 10.1 Å². The van der Waals surface area contributed by atoms with E-state index in [0.29, 0.717) is 30.6 Å². The van der Waals surface area contributed by atoms with Crippen LogP contribution in [0, 0.1) is 5.82 Å². The predicted molar refractivity (Wildman–Crippen MR) is 112 cm³/mol. The lowest BCUT2D eigenvalue weighted by molar-refractivity contribution is 0.0114. The number of nitrogens with zero attached hydrogens (tertiary/aromatic N) is 4. The van der Waals surface area contributed by atoms with E-state index in [9.17, 15) is 9.90 Å². The number of pyridine rings is 1. The first-order valence-electron chi connectivity index (χ1n) is 10.5. The highest BCUT2D eigenvalue weighted by Crippen LogP contribution is 2.39. The number of carbonyl (C=O) groups is 1. The van der Waals surface area contributed by atoms with Gasteiger partial charge in [-0.2, -0.15) is 9.49 Å². The fraction of sp³-hybridized carbons (Fsp3) is 0.348. The molecule has 2 unspecified atom stereocenters. The molecule has 8 nitrogen and oxygen atoms in total. The lowest BCUT2D eigenvalue weighted by Crippen LogP contribution is -2.48. The smallest absolute Gasteiger partial charge is 0.260 e. The van der Waals surface area contributed by atoms with Crippen molar-refractivity contribution in [1.82, 2.24) is 19.7 Å². The summed E-state index contributed by atoms with van der Waals surface area (Å²) in [6, 6.07) is 6.81. The number of hydrogen-bond acceptors (Lipinski definition) is 6. The molecule has 0 spiro atoms. The van der Waals surface area contributed by atoms with Crippen LogP contribution in [-0.4, -0.2) is 56.7 Å². The molecule has 9 heteroatoms. The van der Waals surface area contributed by atoms with E-state index in [1.165, 1.54) is 12.0 Å². The largest absolute Gasteiger partial charge is 0.493 e. The number of halogens is 1. The average molecular weight is 438 g/mol. The molecule has 2 aliphatic rings. The fourth-order valence-corrected chi connectivity index (χ4v) is 4.48. The van der Waals surface area contributed by atoms with Gasteiger partial charge in [-0.1, -0.05) is 6.07 Å². The fourth-order valence-electron chi connectivity index (χ4n) is 4.48. The van der Waals surface area contributed by atoms with Gasteiger partial charge in [0.15, 0.2) is 24.0 Å². The molecule has 3 aromatic rings. The summed E-state index contributed by atoms with van der Waals surface area (Å²) in [6.45, 7) is -0.0915. The molecule has 1 saturated carbocycles. The van der Waals surface area contributed by atoms with E-state index < -0.39 is 11.9 Å². The van der Waals surface area contributed by atoms with E-state index >= 15 is 4.39 Å². The normalized spacial score (nSPS) is 20.2. The summed E-state index contributed by atoms with van der Waals surface area (Å²) in [5.41, 5.74) is 1.48. The zero-order valence-corrected chi connectivity index (χ0v) is 17.6. The zero-order valence-electron chi connectivity index (χ0n) is 17.6. The van der Waals surface area contributed by atoms with Gasteiger partial charge in [-0.15, -0.1) is 0 Å². The van der Waals surface area contributed by atoms with Gasteiger partial charge in [0.25, 0.3) is 5.91 Å². The molecule has 1 N–H and O–H groups in total. The third-order valence-corrected chi connectivity index (χ3v) is 6.08. The summed E-state index contributed by atoms with van der Waals surface area (Å²) in [5, 5.41) is 14.4. The van der Waals surface area contributed by atoms with Crippen LogP contribution in [0.25, 0.3) is 5.82 Å². The van der Waals surface area contributed by atoms with Crippen LogP contribution >= 0.6 is 0 Å². The van der Waals surface area contributed by atoms with Gasteiger partial charge in [0.1, 0.15) is 0 Å². The predicted octanol–water partition coefficient (Wildman–Crippen LogP) is 2.71. The van der Waals surface area contributed by atoms with Gasteiger partial charge in [-0.05, 0) is 43.0 Å². The Morgan fingerprint density at radius 3 is 2.88 bits per heavy atom. The number of carbonyl (C=O) groups excluding carboxylic acids is 1. The van der Waals surface area contributed by atoms with Crippen molar-refractivity contribution in [3.8, 4) is 17.3 Å². The molecule has 1 aliphatic heterocycles. The summed E-state index contributed by atoms with van der Waals surface area (Å²) in [5.74, 6) is -0.432. The number of rotatable bonds is 5. The maximum absolute atomic E-state index is 15.2. The standard InChI is InChI=1S/C23H23FN4O4/c1-31-21-15(10-14-6-7-19(25-12-14)28-9-3-8-26-28)11-16-22(20(21)24)32-13-27(23(16)30)17-4-2-5-18(17)29/h3,6-9,11-12,17-18,29H,2,4-5,10,13H2,1H3. The van der Waals surface area contributed by atoms with Crippen LogP contribution in [0.2, 0.25) is 0 Å². The van der Waals surface area contributed by atoms with Crippen molar-refractivity contribution in [3.63, 3.8) is 0 Å². The Morgan fingerprint density at radius 1 is 1.34 bits per heavy atom. The van der Waals surface area contributed by atoms with Crippen molar-refractivity contribution in [2.45, 2.75) is 37.8 Å². The van der Waals surface area contributed by atoms with Crippen LogP contribution in [0.1, 0.15) is 40.7 Å². The summed E-state index contributed by atoms with van der Waals surface area (Å²) in [6.07, 6.45) is 7.06. The van der Waals surface area contributed by atoms with Crippen LogP contribution in [-0.2, 0) is 6.42 Å². The minimum absolute atomic E-state index is 0.0436. The molecule has 1 fully saturated rings. The van der Waals surface area contributed by atoms with Crippen molar-refractivity contribution in [3.05, 3.63) is 65.4 Å². The molecule has 2 aromatic heterocycles. The molecule has 166 valence electrons. The number of fused-ring (bicyclic) bond motifs is 1. The molecule has 0 radical (unpaired) electrons. The number of aliphatic hydroxyl groups excluding tert-OH is 1. The summed E-state index contributed by atoms with van der Waals surface area (Å²) >= 11 is 0. The van der Waals surface area contributed by atoms with Gasteiger partial charge in [-0.25, -0.2) is 9.67 Å². The summed E-state index contributed by atoms with van der Waals surface area (Å²) in [7, 11) is 1.39. The first-order valence-corrected chi connectivity index (χ1v) is 10.5. The molecule has 3 heterocycles. The average Bonchev–Trinajstić information content (AvgIpc) is 3.48. The van der Waals surface area contributed by atoms with Gasteiger partial charge < -0.3 is 14.6 Å². The Morgan fingerprint density at radius 2 is 2.22 bits per heavy atom. The molecule has 2 atom stereocenters. The first-order chi connectivity index (χ1) is 15.6. The number of hydrogen-bond donors (Lipinski definition) is 1. The molecular formula is C23H23FN4O4. The van der Waals surface area contributed by atoms with Crippen LogP contribution in [0.15, 0.2) is 42.9 Å². The third-order valence-electron chi connectivity index (χ3n) is 6.08. The van der Waals surface area contributed by atoms with Crippen LogP contribution in [0.4, 0.5) is 4.39 Å². The maximum atomic E-state index is 15.2. The number of aromatic nitrogens is 3. The number of amides is 1. The second kappa shape index (κ2) is 8.23. The number of aliphatic hydroxyl groups is 1. The van der Waals surface area contributed by atoms with Gasteiger partial charge in [0.2, 0.25) is 5.82 Å². The van der Waals surface area contributed by atoms with E-state index in [4.69, 9.17) is 9.47 Å². The zero-order chi connectivity index (χ0) is 22.2. The molecule has 1 amide bonds. The molecule has 5 rings (SSSR count). The SMILES string of the molecule is COc1c(Cc2ccc(-n3cccn3)nc2)cc2c(c1F)OCN(C1CCCC1O)C2=O. The number of ether oxygens (including phenoxy) is 2. The summed E-state index contributed by atoms with van der Waals surface area (Å²) in [4.78, 5) is 19.1. The quantitative estimate of drug-likeness (QED) is 0.659. The topological polar surface area (TPSA) is 89.7 Å². The van der Waals surface area contributed by atoms with Crippen molar-refractivity contribution >= 4 is 5.91 Å². The number of benzene rings is 1. The molecule has 0 bridgehead atoms. The lowest BCUT2D eigenvalue weighted by atomic mass is 9.99. The molecular weight excluding hydrogens is 415 g/mol. The van der Waals surface area contributed by atoms with E-state index in [1.807, 2.05) is 18.2 Å². The highest BCUT2D eigenvalue weighted by atomic mass is 19.1. The lowest BCUT2D eigenvalue weighted by Gasteiger charge is -2.35. The first kappa shape index (κ1) is 20.4. The number of methoxy groups -OCH3 is 1. The van der Waals surface area contributed by atoms with Crippen LogP contribution in [0.5, 0.6) is 11.5 Å². The third kappa shape index (κ3) is 3.48. The van der Waals surface area contributed by atoms with E-state index in [1.54, 1.807) is 29.3 Å². The second-order valence-electron chi connectivity index (χ2n) is 8.03. The van der Waals surface area contributed by atoms with Crippen molar-refractivity contribution in [2.75, 3.05) is 13.8 Å². The highest BCUT2D eigenvalue weighted by molar-refractivity contribution is 5.98. The molecule has 1 aliphatic carbocycles. The Bertz CT molecular complexity index is 1130. The Balaban J connectivity index is 1.46. The van der Waals surface area contributed by atoms with Crippen molar-refractivity contribution in [2.24, 2.45) is 0 Å². The molecule has 32 heavy (non-hydrogen) atoms. The van der Waals surface area contributed by atoms with Crippen LogP contribution in [0.3, 0.4) is 0 Å². The molecule has 0 saturated heterocycles. The van der Waals surface area contributed by atoms with Gasteiger partial charge in [-0.3, -0.25) is 9.69 Å². The van der Waals surface area contributed by atoms with Gasteiger partial charge in [0, 0.05) is 30.6 Å². The Hall–Kier alpha value is -3.46. The minimum Gasteiger partial charge on any atom is -0.493 e. The van der Waals surface area contributed by atoms with Gasteiger partial charge >= 0.3 is 0 Å². The maximum Gasteiger partial charge on any atom is 0.260 e. The van der Waals surface area contributed by atoms with Crippen molar-refractivity contribution in [1.29, 1.82) is 0 Å². The van der Waals surface area contributed by atoms with Gasteiger partial charge in [0.05, 0.1) is 24.8 Å². The second-order valence-corrected chi connectivity index (χ2v) is 8.03.